The van der Waals surface area contributed by atoms with Crippen LogP contribution in [0.4, 0.5) is 0 Å². The maximum Gasteiger partial charge on any atom is 0.269 e. The molecule has 4 heteroatoms. The molecule has 1 saturated heterocycles. The number of benzene rings is 2. The van der Waals surface area contributed by atoms with Gasteiger partial charge in [-0.15, -0.1) is 0 Å². The van der Waals surface area contributed by atoms with Gasteiger partial charge in [0.25, 0.3) is 5.91 Å². The van der Waals surface area contributed by atoms with Gasteiger partial charge in [0.05, 0.1) is 18.7 Å². The molecule has 2 aromatic rings. The van der Waals surface area contributed by atoms with Gasteiger partial charge in [-0.05, 0) is 36.5 Å². The van der Waals surface area contributed by atoms with Gasteiger partial charge in [-0.2, -0.15) is 0 Å². The van der Waals surface area contributed by atoms with Crippen LogP contribution in [0.25, 0.3) is 0 Å². The molecule has 4 nitrogen and oxygen atoms in total. The molecular formula is C21H24N2O2. The van der Waals surface area contributed by atoms with Gasteiger partial charge >= 0.3 is 0 Å². The average molecular weight is 336 g/mol. The summed E-state index contributed by atoms with van der Waals surface area (Å²) in [6.07, 6.45) is 3.02. The van der Waals surface area contributed by atoms with E-state index in [0.717, 1.165) is 36.9 Å². The SMILES string of the molecule is COC[C@@H]1CCCN1N1C(=O)c2ccccc2C[C@@H]1c1ccccc1. The number of hydrogen-bond acceptors (Lipinski definition) is 3. The van der Waals surface area contributed by atoms with Gasteiger partial charge in [0.15, 0.2) is 0 Å². The van der Waals surface area contributed by atoms with Crippen LogP contribution in [-0.4, -0.2) is 42.2 Å². The highest BCUT2D eigenvalue weighted by Gasteiger charge is 2.41. The van der Waals surface area contributed by atoms with Crippen LogP contribution < -0.4 is 0 Å². The fourth-order valence-corrected chi connectivity index (χ4v) is 4.16. The maximum atomic E-state index is 13.4. The molecular weight excluding hydrogens is 312 g/mol. The molecule has 2 aromatic carbocycles. The Morgan fingerprint density at radius 2 is 1.84 bits per heavy atom. The summed E-state index contributed by atoms with van der Waals surface area (Å²) in [5.41, 5.74) is 3.16. The maximum absolute atomic E-state index is 13.4. The first-order valence-corrected chi connectivity index (χ1v) is 9.01. The Morgan fingerprint density at radius 3 is 2.64 bits per heavy atom. The molecule has 0 radical (unpaired) electrons. The Kier molecular flexibility index (Phi) is 4.55. The molecule has 130 valence electrons. The van der Waals surface area contributed by atoms with Gasteiger partial charge in [-0.1, -0.05) is 48.5 Å². The molecule has 0 aromatic heterocycles. The van der Waals surface area contributed by atoms with Crippen molar-refractivity contribution >= 4 is 5.91 Å². The number of hydrazine groups is 1. The van der Waals surface area contributed by atoms with E-state index in [1.54, 1.807) is 7.11 Å². The second-order valence-corrected chi connectivity index (χ2v) is 6.85. The van der Waals surface area contributed by atoms with E-state index < -0.39 is 0 Å². The molecule has 1 amide bonds. The van der Waals surface area contributed by atoms with Gasteiger partial charge in [0.1, 0.15) is 0 Å². The van der Waals surface area contributed by atoms with E-state index in [4.69, 9.17) is 4.74 Å². The molecule has 25 heavy (non-hydrogen) atoms. The Hall–Kier alpha value is -2.17. The number of nitrogens with zero attached hydrogens (tertiary/aromatic N) is 2. The summed E-state index contributed by atoms with van der Waals surface area (Å²) in [5, 5.41) is 4.26. The summed E-state index contributed by atoms with van der Waals surface area (Å²) in [4.78, 5) is 13.4. The number of carbonyl (C=O) groups is 1. The van der Waals surface area contributed by atoms with Gasteiger partial charge < -0.3 is 4.74 Å². The summed E-state index contributed by atoms with van der Waals surface area (Å²) >= 11 is 0. The molecule has 0 spiro atoms. The van der Waals surface area contributed by atoms with E-state index in [0.29, 0.717) is 6.61 Å². The molecule has 2 aliphatic rings. The fraction of sp³-hybridized carbons (Fsp3) is 0.381. The van der Waals surface area contributed by atoms with Crippen LogP contribution in [0.1, 0.15) is 40.4 Å². The van der Waals surface area contributed by atoms with Gasteiger partial charge in [0, 0.05) is 19.2 Å². The van der Waals surface area contributed by atoms with Gasteiger partial charge in [0.2, 0.25) is 0 Å². The van der Waals surface area contributed by atoms with Crippen LogP contribution in [0.2, 0.25) is 0 Å². The van der Waals surface area contributed by atoms with E-state index in [1.807, 2.05) is 29.3 Å². The minimum Gasteiger partial charge on any atom is -0.383 e. The Labute approximate surface area is 149 Å². The minimum absolute atomic E-state index is 0.0426. The lowest BCUT2D eigenvalue weighted by atomic mass is 9.90. The first-order valence-electron chi connectivity index (χ1n) is 9.01. The molecule has 0 bridgehead atoms. The molecule has 2 heterocycles. The predicted molar refractivity (Wildman–Crippen MR) is 97.1 cm³/mol. The molecule has 0 unspecified atom stereocenters. The number of ether oxygens (including phenoxy) is 1. The topological polar surface area (TPSA) is 32.8 Å². The Bertz CT molecular complexity index is 747. The van der Waals surface area contributed by atoms with Crippen LogP contribution >= 0.6 is 0 Å². The summed E-state index contributed by atoms with van der Waals surface area (Å²) < 4.78 is 5.41. The number of rotatable bonds is 4. The first kappa shape index (κ1) is 16.3. The van der Waals surface area contributed by atoms with Crippen LogP contribution in [0.3, 0.4) is 0 Å². The molecule has 2 atom stereocenters. The zero-order chi connectivity index (χ0) is 17.2. The zero-order valence-electron chi connectivity index (χ0n) is 14.6. The van der Waals surface area contributed by atoms with E-state index in [-0.39, 0.29) is 18.0 Å². The molecule has 4 rings (SSSR count). The second-order valence-electron chi connectivity index (χ2n) is 6.85. The van der Waals surface area contributed by atoms with Crippen LogP contribution in [0.15, 0.2) is 54.6 Å². The largest absolute Gasteiger partial charge is 0.383 e. The summed E-state index contributed by atoms with van der Waals surface area (Å²) in [5.74, 6) is 0.110. The lowest BCUT2D eigenvalue weighted by Gasteiger charge is -2.44. The first-order chi connectivity index (χ1) is 12.3. The van der Waals surface area contributed by atoms with Crippen LogP contribution in [-0.2, 0) is 11.2 Å². The highest BCUT2D eigenvalue weighted by atomic mass is 16.5. The van der Waals surface area contributed by atoms with E-state index in [2.05, 4.69) is 35.3 Å². The van der Waals surface area contributed by atoms with E-state index in [9.17, 15) is 4.79 Å². The van der Waals surface area contributed by atoms with Crippen molar-refractivity contribution in [3.8, 4) is 0 Å². The van der Waals surface area contributed by atoms with E-state index in [1.165, 1.54) is 5.56 Å². The quantitative estimate of drug-likeness (QED) is 0.857. The third-order valence-electron chi connectivity index (χ3n) is 5.33. The van der Waals surface area contributed by atoms with Crippen LogP contribution in [0, 0.1) is 0 Å². The number of methoxy groups -OCH3 is 1. The summed E-state index contributed by atoms with van der Waals surface area (Å²) in [6.45, 7) is 1.57. The predicted octanol–water partition coefficient (Wildman–Crippen LogP) is 3.45. The lowest BCUT2D eigenvalue weighted by Crippen LogP contribution is -2.54. The standard InChI is InChI=1S/C21H24N2O2/c1-25-15-18-11-7-13-22(18)23-20(16-8-3-2-4-9-16)14-17-10-5-6-12-19(17)21(23)24/h2-6,8-10,12,18,20H,7,11,13-15H2,1H3/t18-,20+/m0/s1. The van der Waals surface area contributed by atoms with E-state index >= 15 is 0 Å². The van der Waals surface area contributed by atoms with Crippen molar-refractivity contribution in [1.29, 1.82) is 0 Å². The second kappa shape index (κ2) is 6.98. The Balaban J connectivity index is 1.76. The molecule has 0 N–H and O–H groups in total. The van der Waals surface area contributed by atoms with Crippen molar-refractivity contribution in [3.05, 3.63) is 71.3 Å². The molecule has 2 aliphatic heterocycles. The van der Waals surface area contributed by atoms with Gasteiger partial charge in [-0.3, -0.25) is 9.80 Å². The number of fused-ring (bicyclic) bond motifs is 1. The highest BCUT2D eigenvalue weighted by Crippen LogP contribution is 2.37. The summed E-state index contributed by atoms with van der Waals surface area (Å²) in [6, 6.07) is 18.7. The fourth-order valence-electron chi connectivity index (χ4n) is 4.16. The van der Waals surface area contributed by atoms with Crippen molar-refractivity contribution < 1.29 is 9.53 Å². The third kappa shape index (κ3) is 2.96. The molecule has 0 aliphatic carbocycles. The minimum atomic E-state index is 0.0426. The van der Waals surface area contributed by atoms with Crippen molar-refractivity contribution in [2.24, 2.45) is 0 Å². The monoisotopic (exact) mass is 336 g/mol. The van der Waals surface area contributed by atoms with Crippen molar-refractivity contribution in [3.63, 3.8) is 0 Å². The van der Waals surface area contributed by atoms with Crippen LogP contribution in [0.5, 0.6) is 0 Å². The van der Waals surface area contributed by atoms with Gasteiger partial charge in [-0.25, -0.2) is 5.01 Å². The zero-order valence-corrected chi connectivity index (χ0v) is 14.6. The van der Waals surface area contributed by atoms with Crippen molar-refractivity contribution in [1.82, 2.24) is 10.0 Å². The average Bonchev–Trinajstić information content (AvgIpc) is 3.10. The summed E-state index contributed by atoms with van der Waals surface area (Å²) in [7, 11) is 1.73. The third-order valence-corrected chi connectivity index (χ3v) is 5.33. The smallest absolute Gasteiger partial charge is 0.269 e. The Morgan fingerprint density at radius 1 is 1.08 bits per heavy atom. The normalized spacial score (nSPS) is 23.7. The van der Waals surface area contributed by atoms with Crippen molar-refractivity contribution in [2.45, 2.75) is 31.3 Å². The lowest BCUT2D eigenvalue weighted by molar-refractivity contribution is -0.0639. The molecule has 0 saturated carbocycles. The number of carbonyl (C=O) groups excluding carboxylic acids is 1. The number of hydrogen-bond donors (Lipinski definition) is 0. The highest BCUT2D eigenvalue weighted by molar-refractivity contribution is 5.96. The van der Waals surface area contributed by atoms with Crippen molar-refractivity contribution in [2.75, 3.05) is 20.3 Å². The number of amides is 1. The molecule has 1 fully saturated rings.